The van der Waals surface area contributed by atoms with E-state index in [1.165, 1.54) is 0 Å². The molecule has 0 aromatic heterocycles. The Morgan fingerprint density at radius 3 is 1.92 bits per heavy atom. The van der Waals surface area contributed by atoms with Gasteiger partial charge in [-0.1, -0.05) is 13.8 Å². The molecule has 3 aliphatic rings. The van der Waals surface area contributed by atoms with E-state index in [2.05, 4.69) is 0 Å². The molecule has 0 aromatic rings. The second-order valence-electron chi connectivity index (χ2n) is 7.70. The minimum atomic E-state index is -0.0613. The molecule has 2 heterocycles. The molecule has 0 unspecified atom stereocenters. The predicted octanol–water partition coefficient (Wildman–Crippen LogP) is 0.962. The van der Waals surface area contributed by atoms with Gasteiger partial charge in [-0.25, -0.2) is 0 Å². The Kier molecular flexibility index (Phi) is 5.11. The second kappa shape index (κ2) is 7.11. The van der Waals surface area contributed by atoms with Crippen molar-refractivity contribution < 1.29 is 14.4 Å². The first-order valence-electron chi connectivity index (χ1n) is 9.33. The molecule has 24 heavy (non-hydrogen) atoms. The summed E-state index contributed by atoms with van der Waals surface area (Å²) in [5, 5.41) is 0. The SMILES string of the molecule is CC(C)C(=O)N1CCN(C(=O)[C@@H]2CCCN(C(=O)C3CC3)C2)CC1. The van der Waals surface area contributed by atoms with Gasteiger partial charge in [0, 0.05) is 51.1 Å². The number of piperidine rings is 1. The van der Waals surface area contributed by atoms with E-state index in [9.17, 15) is 14.4 Å². The lowest BCUT2D eigenvalue weighted by atomic mass is 9.95. The molecule has 0 spiro atoms. The molecule has 0 radical (unpaired) electrons. The number of hydrogen-bond acceptors (Lipinski definition) is 3. The van der Waals surface area contributed by atoms with E-state index < -0.39 is 0 Å². The number of piperazine rings is 1. The van der Waals surface area contributed by atoms with Gasteiger partial charge in [-0.3, -0.25) is 14.4 Å². The fraction of sp³-hybridized carbons (Fsp3) is 0.833. The van der Waals surface area contributed by atoms with Crippen molar-refractivity contribution >= 4 is 17.7 Å². The van der Waals surface area contributed by atoms with Crippen LogP contribution in [0.1, 0.15) is 39.5 Å². The van der Waals surface area contributed by atoms with Crippen LogP contribution in [0.5, 0.6) is 0 Å². The minimum Gasteiger partial charge on any atom is -0.342 e. The van der Waals surface area contributed by atoms with Gasteiger partial charge in [-0.2, -0.15) is 0 Å². The van der Waals surface area contributed by atoms with Crippen molar-refractivity contribution in [2.24, 2.45) is 17.8 Å². The van der Waals surface area contributed by atoms with Crippen LogP contribution >= 0.6 is 0 Å². The normalized spacial score (nSPS) is 25.1. The summed E-state index contributed by atoms with van der Waals surface area (Å²) in [6.45, 7) is 7.69. The molecule has 134 valence electrons. The van der Waals surface area contributed by atoms with Crippen molar-refractivity contribution in [3.05, 3.63) is 0 Å². The van der Waals surface area contributed by atoms with E-state index >= 15 is 0 Å². The minimum absolute atomic E-state index is 0.00703. The Labute approximate surface area is 144 Å². The highest BCUT2D eigenvalue weighted by atomic mass is 16.2. The van der Waals surface area contributed by atoms with Crippen LogP contribution in [0, 0.1) is 17.8 Å². The van der Waals surface area contributed by atoms with E-state index in [-0.39, 0.29) is 35.5 Å². The molecule has 1 atom stereocenters. The number of likely N-dealkylation sites (tertiary alicyclic amines) is 1. The van der Waals surface area contributed by atoms with E-state index in [1.54, 1.807) is 0 Å². The molecule has 2 aliphatic heterocycles. The Morgan fingerprint density at radius 1 is 0.750 bits per heavy atom. The average Bonchev–Trinajstić information content (AvgIpc) is 3.45. The zero-order chi connectivity index (χ0) is 17.3. The molecule has 6 heteroatoms. The second-order valence-corrected chi connectivity index (χ2v) is 7.70. The summed E-state index contributed by atoms with van der Waals surface area (Å²) in [5.41, 5.74) is 0. The molecule has 0 N–H and O–H groups in total. The molecule has 1 saturated carbocycles. The van der Waals surface area contributed by atoms with Gasteiger partial charge >= 0.3 is 0 Å². The summed E-state index contributed by atoms with van der Waals surface area (Å²) in [6, 6.07) is 0. The van der Waals surface area contributed by atoms with Crippen LogP contribution in [-0.4, -0.2) is 71.7 Å². The zero-order valence-electron chi connectivity index (χ0n) is 14.9. The molecule has 0 bridgehead atoms. The predicted molar refractivity (Wildman–Crippen MR) is 90.0 cm³/mol. The number of nitrogens with zero attached hydrogens (tertiary/aromatic N) is 3. The number of carbonyl (C=O) groups excluding carboxylic acids is 3. The van der Waals surface area contributed by atoms with Gasteiger partial charge < -0.3 is 14.7 Å². The highest BCUT2D eigenvalue weighted by Crippen LogP contribution is 2.32. The monoisotopic (exact) mass is 335 g/mol. The van der Waals surface area contributed by atoms with Crippen LogP contribution in [0.25, 0.3) is 0 Å². The Balaban J connectivity index is 1.51. The standard InChI is InChI=1S/C18H29N3O3/c1-13(2)16(22)19-8-10-20(11-9-19)18(24)15-4-3-7-21(12-15)17(23)14-5-6-14/h13-15H,3-12H2,1-2H3/t15-/m1/s1. The highest BCUT2D eigenvalue weighted by Gasteiger charge is 2.38. The lowest BCUT2D eigenvalue weighted by molar-refractivity contribution is -0.146. The lowest BCUT2D eigenvalue weighted by Crippen LogP contribution is -2.54. The van der Waals surface area contributed by atoms with E-state index in [0.29, 0.717) is 32.7 Å². The third-order valence-electron chi connectivity index (χ3n) is 5.41. The highest BCUT2D eigenvalue weighted by molar-refractivity contribution is 5.84. The molecular formula is C18H29N3O3. The third-order valence-corrected chi connectivity index (χ3v) is 5.41. The summed E-state index contributed by atoms with van der Waals surface area (Å²) in [6.07, 6.45) is 3.82. The summed E-state index contributed by atoms with van der Waals surface area (Å²) >= 11 is 0. The maximum Gasteiger partial charge on any atom is 0.227 e. The van der Waals surface area contributed by atoms with E-state index in [4.69, 9.17) is 0 Å². The quantitative estimate of drug-likeness (QED) is 0.772. The van der Waals surface area contributed by atoms with Crippen molar-refractivity contribution in [2.75, 3.05) is 39.3 Å². The van der Waals surface area contributed by atoms with E-state index in [0.717, 1.165) is 32.2 Å². The van der Waals surface area contributed by atoms with Crippen molar-refractivity contribution in [3.8, 4) is 0 Å². The van der Waals surface area contributed by atoms with Gasteiger partial charge in [-0.05, 0) is 25.7 Å². The van der Waals surface area contributed by atoms with Gasteiger partial charge in [0.2, 0.25) is 17.7 Å². The smallest absolute Gasteiger partial charge is 0.227 e. The summed E-state index contributed by atoms with van der Waals surface area (Å²) < 4.78 is 0. The lowest BCUT2D eigenvalue weighted by Gasteiger charge is -2.39. The van der Waals surface area contributed by atoms with Crippen LogP contribution in [0.3, 0.4) is 0 Å². The fourth-order valence-corrected chi connectivity index (χ4v) is 3.74. The number of rotatable bonds is 3. The molecule has 1 aliphatic carbocycles. The first-order valence-corrected chi connectivity index (χ1v) is 9.33. The van der Waals surface area contributed by atoms with Crippen molar-refractivity contribution in [1.29, 1.82) is 0 Å². The van der Waals surface area contributed by atoms with Crippen molar-refractivity contribution in [2.45, 2.75) is 39.5 Å². The number of hydrogen-bond donors (Lipinski definition) is 0. The van der Waals surface area contributed by atoms with Gasteiger partial charge in [0.1, 0.15) is 0 Å². The molecule has 3 amide bonds. The summed E-state index contributed by atoms with van der Waals surface area (Å²) in [4.78, 5) is 42.7. The third kappa shape index (κ3) is 3.73. The topological polar surface area (TPSA) is 60.9 Å². The average molecular weight is 335 g/mol. The maximum atomic E-state index is 12.8. The number of amides is 3. The van der Waals surface area contributed by atoms with Crippen LogP contribution in [0.4, 0.5) is 0 Å². The van der Waals surface area contributed by atoms with E-state index in [1.807, 2.05) is 28.5 Å². The summed E-state index contributed by atoms with van der Waals surface area (Å²) in [7, 11) is 0. The molecule has 3 fully saturated rings. The van der Waals surface area contributed by atoms with Gasteiger partial charge in [-0.15, -0.1) is 0 Å². The summed E-state index contributed by atoms with van der Waals surface area (Å²) in [5.74, 6) is 0.756. The molecule has 0 aromatic carbocycles. The maximum absolute atomic E-state index is 12.8. The molecular weight excluding hydrogens is 306 g/mol. The van der Waals surface area contributed by atoms with Gasteiger partial charge in [0.15, 0.2) is 0 Å². The largest absolute Gasteiger partial charge is 0.342 e. The number of carbonyl (C=O) groups is 3. The Hall–Kier alpha value is -1.59. The van der Waals surface area contributed by atoms with Crippen molar-refractivity contribution in [1.82, 2.24) is 14.7 Å². The Bertz CT molecular complexity index is 508. The van der Waals surface area contributed by atoms with Gasteiger partial charge in [0.05, 0.1) is 5.92 Å². The van der Waals surface area contributed by atoms with Crippen LogP contribution in [0.2, 0.25) is 0 Å². The zero-order valence-corrected chi connectivity index (χ0v) is 14.9. The van der Waals surface area contributed by atoms with Gasteiger partial charge in [0.25, 0.3) is 0 Å². The van der Waals surface area contributed by atoms with Crippen molar-refractivity contribution in [3.63, 3.8) is 0 Å². The van der Waals surface area contributed by atoms with Crippen LogP contribution in [0.15, 0.2) is 0 Å². The molecule has 2 saturated heterocycles. The first kappa shape index (κ1) is 17.2. The van der Waals surface area contributed by atoms with Crippen LogP contribution < -0.4 is 0 Å². The molecule has 3 rings (SSSR count). The first-order chi connectivity index (χ1) is 11.5. The molecule has 6 nitrogen and oxygen atoms in total. The Morgan fingerprint density at radius 2 is 1.33 bits per heavy atom. The van der Waals surface area contributed by atoms with Crippen LogP contribution in [-0.2, 0) is 14.4 Å². The fourth-order valence-electron chi connectivity index (χ4n) is 3.74.